The van der Waals surface area contributed by atoms with Gasteiger partial charge in [0.25, 0.3) is 5.91 Å². The normalized spacial score (nSPS) is 16.5. The molecular formula is C21H21ClN4O3S. The van der Waals surface area contributed by atoms with Gasteiger partial charge in [-0.15, -0.1) is 11.3 Å². The van der Waals surface area contributed by atoms with E-state index in [0.29, 0.717) is 28.2 Å². The predicted octanol–water partition coefficient (Wildman–Crippen LogP) is 4.28. The molecule has 2 aromatic heterocycles. The van der Waals surface area contributed by atoms with Crippen molar-refractivity contribution in [1.29, 1.82) is 0 Å². The van der Waals surface area contributed by atoms with Gasteiger partial charge in [0, 0.05) is 24.2 Å². The Morgan fingerprint density at radius 2 is 2.17 bits per heavy atom. The van der Waals surface area contributed by atoms with Gasteiger partial charge >= 0.3 is 0 Å². The van der Waals surface area contributed by atoms with E-state index in [4.69, 9.17) is 16.1 Å². The van der Waals surface area contributed by atoms with Crippen molar-refractivity contribution in [3.63, 3.8) is 0 Å². The number of hydrogen-bond acceptors (Lipinski definition) is 6. The van der Waals surface area contributed by atoms with Gasteiger partial charge in [0.2, 0.25) is 17.6 Å². The molecule has 1 unspecified atom stereocenters. The summed E-state index contributed by atoms with van der Waals surface area (Å²) < 4.78 is 5.51. The number of likely N-dealkylation sites (tertiary alicyclic amines) is 1. The lowest BCUT2D eigenvalue weighted by Crippen LogP contribution is -2.44. The summed E-state index contributed by atoms with van der Waals surface area (Å²) in [4.78, 5) is 33.8. The lowest BCUT2D eigenvalue weighted by molar-refractivity contribution is -0.136. The summed E-state index contributed by atoms with van der Waals surface area (Å²) >= 11 is 7.42. The van der Waals surface area contributed by atoms with Gasteiger partial charge in [0.1, 0.15) is 6.04 Å². The van der Waals surface area contributed by atoms with Gasteiger partial charge in [0.05, 0.1) is 11.4 Å². The summed E-state index contributed by atoms with van der Waals surface area (Å²) in [5, 5.41) is 6.51. The first-order valence-corrected chi connectivity index (χ1v) is 11.0. The molecule has 30 heavy (non-hydrogen) atoms. The number of aromatic nitrogens is 2. The second-order valence-corrected chi connectivity index (χ2v) is 8.59. The van der Waals surface area contributed by atoms with E-state index in [9.17, 15) is 9.59 Å². The van der Waals surface area contributed by atoms with Crippen LogP contribution in [0.1, 0.15) is 40.9 Å². The number of thiophene rings is 1. The first kappa shape index (κ1) is 20.6. The smallest absolute Gasteiger partial charge is 0.264 e. The van der Waals surface area contributed by atoms with Gasteiger partial charge in [-0.2, -0.15) is 4.98 Å². The SMILES string of the molecule is CN(CC(=O)N1CCCCC1c1nc(-c2cccc(Cl)c2)no1)C(=O)c1cccs1. The van der Waals surface area contributed by atoms with Crippen molar-refractivity contribution in [2.45, 2.75) is 25.3 Å². The van der Waals surface area contributed by atoms with Crippen LogP contribution in [0.2, 0.25) is 5.02 Å². The number of carbonyl (C=O) groups is 2. The number of halogens is 1. The van der Waals surface area contributed by atoms with Crippen molar-refractivity contribution in [2.75, 3.05) is 20.1 Å². The average molecular weight is 445 g/mol. The van der Waals surface area contributed by atoms with Crippen LogP contribution in [-0.4, -0.2) is 51.9 Å². The Labute approximate surface area is 183 Å². The molecule has 3 aromatic rings. The standard InChI is InChI=1S/C21H21ClN4O3S/c1-25(21(28)17-9-5-11-30-17)13-18(27)26-10-3-2-8-16(26)20-23-19(24-29-20)14-6-4-7-15(22)12-14/h4-7,9,11-12,16H,2-3,8,10,13H2,1H3. The van der Waals surface area contributed by atoms with Crippen molar-refractivity contribution in [1.82, 2.24) is 19.9 Å². The molecule has 0 bridgehead atoms. The third-order valence-electron chi connectivity index (χ3n) is 5.08. The van der Waals surface area contributed by atoms with E-state index >= 15 is 0 Å². The monoisotopic (exact) mass is 444 g/mol. The Balaban J connectivity index is 1.49. The molecule has 0 radical (unpaired) electrons. The highest BCUT2D eigenvalue weighted by atomic mass is 35.5. The highest BCUT2D eigenvalue weighted by Gasteiger charge is 2.33. The third kappa shape index (κ3) is 4.39. The average Bonchev–Trinajstić information content (AvgIpc) is 3.45. The molecule has 1 saturated heterocycles. The first-order valence-electron chi connectivity index (χ1n) is 9.71. The topological polar surface area (TPSA) is 79.5 Å². The van der Waals surface area contributed by atoms with E-state index in [1.54, 1.807) is 30.1 Å². The fourth-order valence-electron chi connectivity index (χ4n) is 3.56. The maximum absolute atomic E-state index is 13.0. The summed E-state index contributed by atoms with van der Waals surface area (Å²) in [6, 6.07) is 10.5. The Morgan fingerprint density at radius 1 is 1.30 bits per heavy atom. The fraction of sp³-hybridized carbons (Fsp3) is 0.333. The molecule has 0 aliphatic carbocycles. The van der Waals surface area contributed by atoms with Crippen LogP contribution in [0.25, 0.3) is 11.4 Å². The van der Waals surface area contributed by atoms with Crippen molar-refractivity contribution < 1.29 is 14.1 Å². The van der Waals surface area contributed by atoms with Gasteiger partial charge < -0.3 is 14.3 Å². The Bertz CT molecular complexity index is 1040. The zero-order chi connectivity index (χ0) is 21.1. The molecule has 9 heteroatoms. The number of amides is 2. The van der Waals surface area contributed by atoms with Gasteiger partial charge in [-0.1, -0.05) is 35.0 Å². The maximum Gasteiger partial charge on any atom is 0.264 e. The maximum atomic E-state index is 13.0. The highest BCUT2D eigenvalue weighted by molar-refractivity contribution is 7.12. The lowest BCUT2D eigenvalue weighted by Gasteiger charge is -2.34. The van der Waals surface area contributed by atoms with E-state index in [-0.39, 0.29) is 24.4 Å². The predicted molar refractivity (Wildman–Crippen MR) is 114 cm³/mol. The van der Waals surface area contributed by atoms with Gasteiger partial charge in [0.15, 0.2) is 0 Å². The molecule has 1 aromatic carbocycles. The Kier molecular flexibility index (Phi) is 6.15. The minimum atomic E-state index is -0.295. The van der Waals surface area contributed by atoms with Crippen LogP contribution in [0.4, 0.5) is 0 Å². The van der Waals surface area contributed by atoms with Crippen LogP contribution < -0.4 is 0 Å². The van der Waals surface area contributed by atoms with E-state index in [1.165, 1.54) is 16.2 Å². The molecule has 1 aliphatic heterocycles. The largest absolute Gasteiger partial charge is 0.337 e. The number of nitrogens with zero attached hydrogens (tertiary/aromatic N) is 4. The quantitative estimate of drug-likeness (QED) is 0.586. The van der Waals surface area contributed by atoms with Crippen molar-refractivity contribution in [3.05, 3.63) is 57.6 Å². The van der Waals surface area contributed by atoms with Crippen molar-refractivity contribution in [3.8, 4) is 11.4 Å². The Morgan fingerprint density at radius 3 is 2.93 bits per heavy atom. The summed E-state index contributed by atoms with van der Waals surface area (Å²) in [5.41, 5.74) is 0.757. The second kappa shape index (κ2) is 8.97. The number of piperidine rings is 1. The number of carbonyl (C=O) groups excluding carboxylic acids is 2. The summed E-state index contributed by atoms with van der Waals surface area (Å²) in [6.07, 6.45) is 2.61. The minimum absolute atomic E-state index is 0.00250. The van der Waals surface area contributed by atoms with Crippen molar-refractivity contribution in [2.24, 2.45) is 0 Å². The molecule has 3 heterocycles. The zero-order valence-electron chi connectivity index (χ0n) is 16.5. The summed E-state index contributed by atoms with van der Waals surface area (Å²) in [6.45, 7) is 0.599. The zero-order valence-corrected chi connectivity index (χ0v) is 18.0. The van der Waals surface area contributed by atoms with Crippen LogP contribution in [0.5, 0.6) is 0 Å². The number of likely N-dealkylation sites (N-methyl/N-ethyl adjacent to an activating group) is 1. The molecular weight excluding hydrogens is 424 g/mol. The van der Waals surface area contributed by atoms with Crippen LogP contribution in [0.3, 0.4) is 0 Å². The first-order chi connectivity index (χ1) is 14.5. The van der Waals surface area contributed by atoms with Gasteiger partial charge in [-0.3, -0.25) is 9.59 Å². The molecule has 2 amide bonds. The van der Waals surface area contributed by atoms with E-state index in [1.807, 2.05) is 23.6 Å². The van der Waals surface area contributed by atoms with Gasteiger partial charge in [-0.05, 0) is 42.8 Å². The molecule has 1 aliphatic rings. The van der Waals surface area contributed by atoms with E-state index in [2.05, 4.69) is 10.1 Å². The molecule has 1 fully saturated rings. The Hall–Kier alpha value is -2.71. The van der Waals surface area contributed by atoms with Crippen LogP contribution in [0, 0.1) is 0 Å². The molecule has 4 rings (SSSR count). The number of hydrogen-bond donors (Lipinski definition) is 0. The van der Waals surface area contributed by atoms with Crippen LogP contribution in [-0.2, 0) is 4.79 Å². The summed E-state index contributed by atoms with van der Waals surface area (Å²) in [5.74, 6) is 0.559. The van der Waals surface area contributed by atoms with Crippen molar-refractivity contribution >= 4 is 34.8 Å². The highest BCUT2D eigenvalue weighted by Crippen LogP contribution is 2.31. The molecule has 0 saturated carbocycles. The molecule has 1 atom stereocenters. The fourth-order valence-corrected chi connectivity index (χ4v) is 4.46. The number of rotatable bonds is 5. The van der Waals surface area contributed by atoms with E-state index in [0.717, 1.165) is 24.8 Å². The third-order valence-corrected chi connectivity index (χ3v) is 6.18. The molecule has 156 valence electrons. The minimum Gasteiger partial charge on any atom is -0.337 e. The van der Waals surface area contributed by atoms with Crippen LogP contribution >= 0.6 is 22.9 Å². The van der Waals surface area contributed by atoms with E-state index < -0.39 is 0 Å². The summed E-state index contributed by atoms with van der Waals surface area (Å²) in [7, 11) is 1.64. The van der Waals surface area contributed by atoms with Gasteiger partial charge in [-0.25, -0.2) is 0 Å². The molecule has 0 spiro atoms. The molecule has 0 N–H and O–H groups in total. The molecule has 7 nitrogen and oxygen atoms in total. The number of benzene rings is 1. The second-order valence-electron chi connectivity index (χ2n) is 7.20. The lowest BCUT2D eigenvalue weighted by atomic mass is 10.0. The van der Waals surface area contributed by atoms with Crippen LogP contribution in [0.15, 0.2) is 46.3 Å².